The summed E-state index contributed by atoms with van der Waals surface area (Å²) in [5.41, 5.74) is 0. The number of benzene rings is 8. The second kappa shape index (κ2) is 24.6. The molecule has 0 atom stereocenters. The van der Waals surface area contributed by atoms with Gasteiger partial charge in [-0.2, -0.15) is 32.3 Å². The van der Waals surface area contributed by atoms with E-state index in [1.807, 2.05) is 0 Å². The summed E-state index contributed by atoms with van der Waals surface area (Å²) in [5.74, 6) is 0. The van der Waals surface area contributed by atoms with Gasteiger partial charge >= 0.3 is 35.6 Å². The van der Waals surface area contributed by atoms with Crippen LogP contribution in [0.3, 0.4) is 0 Å². The molecule has 0 aliphatic carbocycles. The zero-order valence-electron chi connectivity index (χ0n) is 31.0. The van der Waals surface area contributed by atoms with Crippen LogP contribution in [0.2, 0.25) is 0 Å². The first kappa shape index (κ1) is 43.3. The maximum Gasteiger partial charge on any atom is -0.0398 e. The average Bonchev–Trinajstić information content (AvgIpc) is 3.30. The van der Waals surface area contributed by atoms with Crippen molar-refractivity contribution in [1.82, 2.24) is 0 Å². The van der Waals surface area contributed by atoms with Crippen LogP contribution in [0, 0.1) is 0 Å². The third kappa shape index (κ3) is 13.4. The maximum absolute atomic E-state index is 5.49. The fourth-order valence-corrected chi connectivity index (χ4v) is 15.3. The second-order valence-corrected chi connectivity index (χ2v) is 22.8. The minimum atomic E-state index is -0.784. The minimum absolute atomic E-state index is 0.556. The largest absolute Gasteiger partial charge is 0.595 e. The van der Waals surface area contributed by atoms with Gasteiger partial charge in [-0.1, -0.05) is 243 Å². The van der Waals surface area contributed by atoms with Gasteiger partial charge in [0.05, 0.1) is 0 Å². The predicted octanol–water partition coefficient (Wildman–Crippen LogP) is 12.3. The van der Waals surface area contributed by atoms with E-state index in [2.05, 4.69) is 243 Å². The van der Waals surface area contributed by atoms with Gasteiger partial charge in [-0.25, -0.2) is 0 Å². The first-order valence-electron chi connectivity index (χ1n) is 18.3. The van der Waals surface area contributed by atoms with Gasteiger partial charge in [-0.3, -0.25) is 0 Å². The molecule has 0 radical (unpaired) electrons. The van der Waals surface area contributed by atoms with Gasteiger partial charge in [-0.15, -0.1) is 0 Å². The summed E-state index contributed by atoms with van der Waals surface area (Å²) in [4.78, 5) is 11.0. The molecule has 8 rings (SSSR count). The monoisotopic (exact) mass is 886 g/mol. The van der Waals surface area contributed by atoms with Gasteiger partial charge in [0, 0.05) is 0 Å². The van der Waals surface area contributed by atoms with Crippen LogP contribution in [0.5, 0.6) is 0 Å². The molecule has 0 bridgehead atoms. The number of halogens is 2. The van der Waals surface area contributed by atoms with E-state index in [9.17, 15) is 0 Å². The fourth-order valence-electron chi connectivity index (χ4n) is 5.74. The van der Waals surface area contributed by atoms with Crippen molar-refractivity contribution in [2.75, 3.05) is 0 Å². The molecule has 2 nitrogen and oxygen atoms in total. The van der Waals surface area contributed by atoms with Crippen molar-refractivity contribution >= 4 is 93.3 Å². The molecular formula is C48H40Cl2N2P4Ti-2. The summed E-state index contributed by atoms with van der Waals surface area (Å²) < 4.78 is 0. The molecule has 0 aliphatic rings. The Bertz CT molecular complexity index is 1770. The first-order valence-corrected chi connectivity index (χ1v) is 27.7. The van der Waals surface area contributed by atoms with Crippen molar-refractivity contribution in [3.63, 3.8) is 0 Å². The van der Waals surface area contributed by atoms with E-state index >= 15 is 0 Å². The Hall–Kier alpha value is -3.31. The molecule has 8 aromatic carbocycles. The number of hydrogen-bond donors (Lipinski definition) is 0. The Morgan fingerprint density at radius 1 is 0.228 bits per heavy atom. The SMILES string of the molecule is [Cl][Ti][Cl].c1ccc(P([N-]P(c2ccccc2)c2ccccc2)c2ccccc2)cc1.c1ccc(P([N-]P(c2ccccc2)c2ccccc2)c2ccccc2)cc1. The third-order valence-corrected chi connectivity index (χ3v) is 17.5. The molecule has 0 N–H and O–H groups in total. The molecule has 0 heterocycles. The zero-order chi connectivity index (χ0) is 39.3. The molecule has 0 unspecified atom stereocenters. The van der Waals surface area contributed by atoms with Crippen LogP contribution in [0.1, 0.15) is 0 Å². The normalized spacial score (nSPS) is 10.7. The summed E-state index contributed by atoms with van der Waals surface area (Å²) in [5, 5.41) is 10.3. The summed E-state index contributed by atoms with van der Waals surface area (Å²) in [6, 6.07) is 85.5. The van der Waals surface area contributed by atoms with Crippen molar-refractivity contribution in [3.8, 4) is 0 Å². The maximum atomic E-state index is 5.49. The van der Waals surface area contributed by atoms with Gasteiger partial charge in [0.2, 0.25) is 0 Å². The molecule has 0 aromatic heterocycles. The molecule has 9 heteroatoms. The summed E-state index contributed by atoms with van der Waals surface area (Å²) in [6.07, 6.45) is 0. The average molecular weight is 888 g/mol. The van der Waals surface area contributed by atoms with E-state index in [1.165, 1.54) is 42.4 Å². The van der Waals surface area contributed by atoms with Crippen molar-refractivity contribution in [2.24, 2.45) is 0 Å². The topological polar surface area (TPSA) is 28.2 Å². The molecule has 0 spiro atoms. The third-order valence-electron chi connectivity index (χ3n) is 8.36. The van der Waals surface area contributed by atoms with E-state index in [-0.39, 0.29) is 0 Å². The van der Waals surface area contributed by atoms with Gasteiger partial charge in [0.1, 0.15) is 0 Å². The quantitative estimate of drug-likeness (QED) is 0.0864. The number of hydrogen-bond acceptors (Lipinski definition) is 0. The van der Waals surface area contributed by atoms with E-state index in [1.54, 1.807) is 0 Å². The minimum Gasteiger partial charge on any atom is -0.595 e. The smallest absolute Gasteiger partial charge is 0.0398 e. The van der Waals surface area contributed by atoms with Crippen LogP contribution >= 0.6 is 50.9 Å². The van der Waals surface area contributed by atoms with E-state index < -0.39 is 49.3 Å². The number of nitrogens with zero attached hydrogens (tertiary/aromatic N) is 2. The van der Waals surface area contributed by atoms with Crippen LogP contribution in [0.4, 0.5) is 0 Å². The van der Waals surface area contributed by atoms with Crippen molar-refractivity contribution in [3.05, 3.63) is 252 Å². The molecular weight excluding hydrogens is 847 g/mol. The van der Waals surface area contributed by atoms with Gasteiger partial charge in [0.15, 0.2) is 0 Å². The van der Waals surface area contributed by atoms with Crippen LogP contribution in [0.25, 0.3) is 9.72 Å². The molecule has 0 saturated heterocycles. The van der Waals surface area contributed by atoms with Crippen LogP contribution in [0.15, 0.2) is 243 Å². The first-order chi connectivity index (χ1) is 28.2. The Labute approximate surface area is 360 Å². The Balaban J connectivity index is 0.000000180. The molecule has 0 amide bonds. The van der Waals surface area contributed by atoms with E-state index in [4.69, 9.17) is 28.3 Å². The predicted molar refractivity (Wildman–Crippen MR) is 255 cm³/mol. The molecule has 0 fully saturated rings. The molecule has 0 aliphatic heterocycles. The van der Waals surface area contributed by atoms with Gasteiger partial charge in [0.25, 0.3) is 0 Å². The van der Waals surface area contributed by atoms with Crippen molar-refractivity contribution < 1.29 is 17.0 Å². The van der Waals surface area contributed by atoms with Crippen molar-refractivity contribution in [2.45, 2.75) is 0 Å². The molecule has 8 aromatic rings. The molecule has 282 valence electrons. The van der Waals surface area contributed by atoms with E-state index in [0.29, 0.717) is 0 Å². The Morgan fingerprint density at radius 3 is 0.439 bits per heavy atom. The second-order valence-electron chi connectivity index (χ2n) is 12.2. The summed E-state index contributed by atoms with van der Waals surface area (Å²) in [7, 11) is 6.64. The summed E-state index contributed by atoms with van der Waals surface area (Å²) >= 11 is -0.556. The zero-order valence-corrected chi connectivity index (χ0v) is 37.7. The fraction of sp³-hybridized carbons (Fsp3) is 0. The molecule has 0 saturated carbocycles. The number of rotatable bonds is 12. The summed E-state index contributed by atoms with van der Waals surface area (Å²) in [6.45, 7) is 0. The van der Waals surface area contributed by atoms with Crippen molar-refractivity contribution in [1.29, 1.82) is 0 Å². The standard InChI is InChI=1S/2C24H20NP2.2ClH.Ti/c2*1-5-13-21(14-6-1)26(22-15-7-2-8-16-22)25-27(23-17-9-3-10-18-23)24-19-11-4-12-20-24;;;/h2*1-20H;2*1H;/q2*-1;;;+2/p-2. The van der Waals surface area contributed by atoms with Crippen LogP contribution < -0.4 is 42.4 Å². The molecule has 57 heavy (non-hydrogen) atoms. The van der Waals surface area contributed by atoms with E-state index in [0.717, 1.165) is 0 Å². The van der Waals surface area contributed by atoms with Gasteiger partial charge < -0.3 is 9.72 Å². The Morgan fingerprint density at radius 2 is 0.333 bits per heavy atom. The van der Waals surface area contributed by atoms with Crippen LogP contribution in [-0.4, -0.2) is 0 Å². The van der Waals surface area contributed by atoms with Gasteiger partial charge in [-0.05, 0) is 42.4 Å². The van der Waals surface area contributed by atoms with Crippen LogP contribution in [-0.2, 0) is 17.0 Å². The Kier molecular flexibility index (Phi) is 18.7.